The zero-order valence-corrected chi connectivity index (χ0v) is 12.2. The molecule has 0 heterocycles. The predicted molar refractivity (Wildman–Crippen MR) is 80.6 cm³/mol. The third-order valence-corrected chi connectivity index (χ3v) is 3.34. The second kappa shape index (κ2) is 6.88. The van der Waals surface area contributed by atoms with Gasteiger partial charge < -0.3 is 10.1 Å². The number of anilines is 1. The number of rotatable bonds is 5. The minimum atomic E-state index is -0.274. The quantitative estimate of drug-likeness (QED) is 0.856. The van der Waals surface area contributed by atoms with Crippen LogP contribution in [0.25, 0.3) is 0 Å². The van der Waals surface area contributed by atoms with Gasteiger partial charge in [0.2, 0.25) is 0 Å². The van der Waals surface area contributed by atoms with Crippen LogP contribution in [0.2, 0.25) is 0 Å². The Morgan fingerprint density at radius 3 is 2.57 bits per heavy atom. The van der Waals surface area contributed by atoms with Crippen LogP contribution >= 0.6 is 0 Å². The summed E-state index contributed by atoms with van der Waals surface area (Å²) in [5, 5.41) is 3.17. The van der Waals surface area contributed by atoms with Gasteiger partial charge in [-0.25, -0.2) is 4.39 Å². The number of hydrogen-bond acceptors (Lipinski definition) is 3. The highest BCUT2D eigenvalue weighted by atomic mass is 19.1. The number of halogens is 1. The molecule has 0 fully saturated rings. The second-order valence-electron chi connectivity index (χ2n) is 4.84. The lowest BCUT2D eigenvalue weighted by Gasteiger charge is -2.11. The first kappa shape index (κ1) is 15.0. The molecule has 2 aromatic rings. The van der Waals surface area contributed by atoms with Crippen LogP contribution in [-0.2, 0) is 22.5 Å². The van der Waals surface area contributed by atoms with Gasteiger partial charge in [0.15, 0.2) is 0 Å². The van der Waals surface area contributed by atoms with Gasteiger partial charge in [0.1, 0.15) is 5.82 Å². The van der Waals surface area contributed by atoms with Gasteiger partial charge in [-0.3, -0.25) is 4.79 Å². The number of esters is 1. The molecule has 0 saturated carbocycles. The summed E-state index contributed by atoms with van der Waals surface area (Å²) in [4.78, 5) is 11.4. The van der Waals surface area contributed by atoms with Gasteiger partial charge in [-0.2, -0.15) is 0 Å². The van der Waals surface area contributed by atoms with E-state index >= 15 is 0 Å². The Morgan fingerprint density at radius 2 is 1.90 bits per heavy atom. The fourth-order valence-electron chi connectivity index (χ4n) is 2.03. The minimum Gasteiger partial charge on any atom is -0.469 e. The molecule has 0 atom stereocenters. The first-order valence-corrected chi connectivity index (χ1v) is 6.74. The maximum Gasteiger partial charge on any atom is 0.309 e. The molecule has 110 valence electrons. The Balaban J connectivity index is 2.09. The third kappa shape index (κ3) is 4.05. The highest BCUT2D eigenvalue weighted by molar-refractivity contribution is 5.72. The summed E-state index contributed by atoms with van der Waals surface area (Å²) in [5.41, 5.74) is 3.23. The van der Waals surface area contributed by atoms with Crippen molar-refractivity contribution >= 4 is 11.7 Å². The summed E-state index contributed by atoms with van der Waals surface area (Å²) in [5.74, 6) is -0.508. The van der Waals surface area contributed by atoms with Gasteiger partial charge >= 0.3 is 5.97 Å². The molecule has 1 N–H and O–H groups in total. The fraction of sp³-hybridized carbons (Fsp3) is 0.235. The molecule has 0 aliphatic rings. The number of hydrogen-bond donors (Lipinski definition) is 1. The van der Waals surface area contributed by atoms with Crippen molar-refractivity contribution in [3.8, 4) is 0 Å². The highest BCUT2D eigenvalue weighted by Crippen LogP contribution is 2.16. The summed E-state index contributed by atoms with van der Waals surface area (Å²) in [6.45, 7) is 2.25. The highest BCUT2D eigenvalue weighted by Gasteiger charge is 2.08. The molecule has 0 spiro atoms. The average Bonchev–Trinajstić information content (AvgIpc) is 2.49. The Labute approximate surface area is 123 Å². The van der Waals surface area contributed by atoms with Gasteiger partial charge in [0.25, 0.3) is 0 Å². The van der Waals surface area contributed by atoms with E-state index in [1.54, 1.807) is 13.0 Å². The number of aryl methyl sites for hydroxylation is 1. The third-order valence-electron chi connectivity index (χ3n) is 3.34. The predicted octanol–water partition coefficient (Wildman–Crippen LogP) is 3.46. The van der Waals surface area contributed by atoms with Crippen molar-refractivity contribution in [3.63, 3.8) is 0 Å². The van der Waals surface area contributed by atoms with Crippen LogP contribution in [0.5, 0.6) is 0 Å². The normalized spacial score (nSPS) is 10.2. The molecule has 21 heavy (non-hydrogen) atoms. The number of carbonyl (C=O) groups is 1. The molecule has 0 aromatic heterocycles. The minimum absolute atomic E-state index is 0.233. The lowest BCUT2D eigenvalue weighted by molar-refractivity contribution is -0.139. The van der Waals surface area contributed by atoms with E-state index in [-0.39, 0.29) is 18.2 Å². The van der Waals surface area contributed by atoms with E-state index in [1.807, 2.05) is 30.3 Å². The number of ether oxygens (including phenoxy) is 1. The van der Waals surface area contributed by atoms with Crippen molar-refractivity contribution in [2.75, 3.05) is 12.4 Å². The molecule has 2 aromatic carbocycles. The van der Waals surface area contributed by atoms with Crippen LogP contribution < -0.4 is 5.32 Å². The van der Waals surface area contributed by atoms with E-state index < -0.39 is 0 Å². The zero-order valence-electron chi connectivity index (χ0n) is 12.2. The molecular formula is C17H18FNO2. The summed E-state index contributed by atoms with van der Waals surface area (Å²) >= 11 is 0. The van der Waals surface area contributed by atoms with Crippen molar-refractivity contribution in [1.29, 1.82) is 0 Å². The monoisotopic (exact) mass is 287 g/mol. The maximum absolute atomic E-state index is 13.5. The van der Waals surface area contributed by atoms with Crippen molar-refractivity contribution < 1.29 is 13.9 Å². The van der Waals surface area contributed by atoms with Gasteiger partial charge in [0.05, 0.1) is 13.5 Å². The fourth-order valence-corrected chi connectivity index (χ4v) is 2.03. The summed E-state index contributed by atoms with van der Waals surface area (Å²) in [6, 6.07) is 12.7. The SMILES string of the molecule is COC(=O)Cc1ccccc1CNc1ccc(C)c(F)c1. The Morgan fingerprint density at radius 1 is 1.19 bits per heavy atom. The van der Waals surface area contributed by atoms with E-state index in [0.717, 1.165) is 11.1 Å². The number of nitrogens with one attached hydrogen (secondary N) is 1. The smallest absolute Gasteiger partial charge is 0.309 e. The van der Waals surface area contributed by atoms with Crippen LogP contribution in [-0.4, -0.2) is 13.1 Å². The van der Waals surface area contributed by atoms with Gasteiger partial charge in [-0.05, 0) is 35.7 Å². The summed E-state index contributed by atoms with van der Waals surface area (Å²) in [6.07, 6.45) is 0.233. The number of benzene rings is 2. The van der Waals surface area contributed by atoms with Crippen molar-refractivity contribution in [2.45, 2.75) is 19.9 Å². The number of methoxy groups -OCH3 is 1. The average molecular weight is 287 g/mol. The topological polar surface area (TPSA) is 38.3 Å². The first-order chi connectivity index (χ1) is 10.1. The standard InChI is InChI=1S/C17H18FNO2/c1-12-7-8-15(10-16(12)18)19-11-14-6-4-3-5-13(14)9-17(20)21-2/h3-8,10,19H,9,11H2,1-2H3. The molecule has 3 nitrogen and oxygen atoms in total. The van der Waals surface area contributed by atoms with Crippen LogP contribution in [0.3, 0.4) is 0 Å². The molecule has 0 aliphatic carbocycles. The molecule has 0 unspecified atom stereocenters. The van der Waals surface area contributed by atoms with Crippen LogP contribution in [0.15, 0.2) is 42.5 Å². The molecule has 0 bridgehead atoms. The van der Waals surface area contributed by atoms with E-state index in [0.29, 0.717) is 17.8 Å². The maximum atomic E-state index is 13.5. The second-order valence-corrected chi connectivity index (χ2v) is 4.84. The van der Waals surface area contributed by atoms with Gasteiger partial charge in [-0.1, -0.05) is 30.3 Å². The summed E-state index contributed by atoms with van der Waals surface area (Å²) in [7, 11) is 1.37. The van der Waals surface area contributed by atoms with Crippen molar-refractivity contribution in [3.05, 3.63) is 65.0 Å². The Hall–Kier alpha value is -2.36. The van der Waals surface area contributed by atoms with Crippen molar-refractivity contribution in [2.24, 2.45) is 0 Å². The van der Waals surface area contributed by atoms with Crippen LogP contribution in [0.4, 0.5) is 10.1 Å². The molecule has 0 aliphatic heterocycles. The van der Waals surface area contributed by atoms with E-state index in [4.69, 9.17) is 4.74 Å². The molecule has 0 saturated heterocycles. The first-order valence-electron chi connectivity index (χ1n) is 6.74. The van der Waals surface area contributed by atoms with Crippen LogP contribution in [0, 0.1) is 12.7 Å². The summed E-state index contributed by atoms with van der Waals surface area (Å²) < 4.78 is 18.2. The molecular weight excluding hydrogens is 269 g/mol. The lowest BCUT2D eigenvalue weighted by Crippen LogP contribution is -2.09. The molecule has 0 amide bonds. The van der Waals surface area contributed by atoms with Gasteiger partial charge in [-0.15, -0.1) is 0 Å². The van der Waals surface area contributed by atoms with Gasteiger partial charge in [0, 0.05) is 12.2 Å². The van der Waals surface area contributed by atoms with Crippen LogP contribution in [0.1, 0.15) is 16.7 Å². The largest absolute Gasteiger partial charge is 0.469 e. The molecule has 0 radical (unpaired) electrons. The Bertz CT molecular complexity index is 640. The van der Waals surface area contributed by atoms with E-state index in [1.165, 1.54) is 13.2 Å². The molecule has 2 rings (SSSR count). The van der Waals surface area contributed by atoms with E-state index in [2.05, 4.69) is 5.32 Å². The zero-order chi connectivity index (χ0) is 15.2. The lowest BCUT2D eigenvalue weighted by atomic mass is 10.0. The van der Waals surface area contributed by atoms with E-state index in [9.17, 15) is 9.18 Å². The Kier molecular flexibility index (Phi) is 4.93. The van der Waals surface area contributed by atoms with Crippen molar-refractivity contribution in [1.82, 2.24) is 0 Å². The number of carbonyl (C=O) groups excluding carboxylic acids is 1. The molecule has 4 heteroatoms.